The molecule has 0 unspecified atom stereocenters. The molecule has 0 aromatic carbocycles. The highest BCUT2D eigenvalue weighted by Gasteiger charge is 2.17. The van der Waals surface area contributed by atoms with Crippen LogP contribution in [0.4, 0.5) is 0 Å². The molecule has 0 heterocycles. The van der Waals surface area contributed by atoms with Crippen LogP contribution in [-0.2, 0) is 9.59 Å². The van der Waals surface area contributed by atoms with Gasteiger partial charge in [-0.2, -0.15) is 0 Å². The molecule has 0 saturated carbocycles. The van der Waals surface area contributed by atoms with Crippen LogP contribution < -0.4 is 16.8 Å². The SMILES string of the molecule is CC(C)(N)NC(=O)C(N)=O. The number of nitrogens with one attached hydrogen (secondary N) is 1. The topological polar surface area (TPSA) is 98.2 Å². The number of carbonyl (C=O) groups is 2. The van der Waals surface area contributed by atoms with Gasteiger partial charge in [0.1, 0.15) is 0 Å². The Kier molecular flexibility index (Phi) is 2.36. The quantitative estimate of drug-likeness (QED) is 0.302. The number of primary amides is 1. The van der Waals surface area contributed by atoms with Gasteiger partial charge in [0.25, 0.3) is 0 Å². The van der Waals surface area contributed by atoms with Crippen molar-refractivity contribution in [3.8, 4) is 0 Å². The number of nitrogens with two attached hydrogens (primary N) is 2. The molecule has 0 aliphatic carbocycles. The highest BCUT2D eigenvalue weighted by molar-refractivity contribution is 6.34. The summed E-state index contributed by atoms with van der Waals surface area (Å²) < 4.78 is 0. The van der Waals surface area contributed by atoms with E-state index >= 15 is 0 Å². The molecular weight excluding hydrogens is 134 g/mol. The molecule has 0 aliphatic rings. The fraction of sp³-hybridized carbons (Fsp3) is 0.600. The first-order valence-corrected chi connectivity index (χ1v) is 2.74. The zero-order valence-electron chi connectivity index (χ0n) is 5.97. The Morgan fingerprint density at radius 3 is 1.90 bits per heavy atom. The molecule has 5 nitrogen and oxygen atoms in total. The minimum atomic E-state index is -1.03. The van der Waals surface area contributed by atoms with Gasteiger partial charge < -0.3 is 16.8 Å². The van der Waals surface area contributed by atoms with E-state index in [2.05, 4.69) is 11.1 Å². The normalized spacial score (nSPS) is 10.7. The molecule has 0 bridgehead atoms. The van der Waals surface area contributed by atoms with Crippen molar-refractivity contribution in [1.29, 1.82) is 0 Å². The zero-order valence-corrected chi connectivity index (χ0v) is 5.97. The van der Waals surface area contributed by atoms with E-state index in [1.165, 1.54) is 0 Å². The first-order chi connectivity index (χ1) is 4.33. The lowest BCUT2D eigenvalue weighted by Gasteiger charge is -2.18. The largest absolute Gasteiger partial charge is 0.361 e. The Balaban J connectivity index is 3.93. The third kappa shape index (κ3) is 3.85. The predicted molar refractivity (Wildman–Crippen MR) is 35.6 cm³/mol. The van der Waals surface area contributed by atoms with Gasteiger partial charge in [0, 0.05) is 0 Å². The highest BCUT2D eigenvalue weighted by Crippen LogP contribution is 1.87. The van der Waals surface area contributed by atoms with Gasteiger partial charge in [-0.15, -0.1) is 0 Å². The molecule has 0 radical (unpaired) electrons. The van der Waals surface area contributed by atoms with Crippen molar-refractivity contribution in [1.82, 2.24) is 5.32 Å². The van der Waals surface area contributed by atoms with Crippen molar-refractivity contribution < 1.29 is 9.59 Å². The average Bonchev–Trinajstić information content (AvgIpc) is 1.60. The summed E-state index contributed by atoms with van der Waals surface area (Å²) in [4.78, 5) is 20.6. The Morgan fingerprint density at radius 1 is 1.40 bits per heavy atom. The lowest BCUT2D eigenvalue weighted by Crippen LogP contribution is -2.54. The van der Waals surface area contributed by atoms with E-state index in [4.69, 9.17) is 5.73 Å². The van der Waals surface area contributed by atoms with Crippen LogP contribution in [0.1, 0.15) is 13.8 Å². The van der Waals surface area contributed by atoms with E-state index in [9.17, 15) is 9.59 Å². The minimum absolute atomic E-state index is 0.868. The van der Waals surface area contributed by atoms with Crippen LogP contribution in [0.3, 0.4) is 0 Å². The van der Waals surface area contributed by atoms with E-state index in [0.717, 1.165) is 0 Å². The van der Waals surface area contributed by atoms with Crippen LogP contribution in [0.15, 0.2) is 0 Å². The van der Waals surface area contributed by atoms with Gasteiger partial charge in [0.15, 0.2) is 0 Å². The van der Waals surface area contributed by atoms with E-state index < -0.39 is 17.5 Å². The van der Waals surface area contributed by atoms with E-state index in [-0.39, 0.29) is 0 Å². The third-order valence-electron chi connectivity index (χ3n) is 0.659. The van der Waals surface area contributed by atoms with E-state index in [1.807, 2.05) is 0 Å². The molecular formula is C5H11N3O2. The summed E-state index contributed by atoms with van der Waals surface area (Å²) in [6.07, 6.45) is 0. The number of carbonyl (C=O) groups excluding carboxylic acids is 2. The molecule has 5 heteroatoms. The second kappa shape index (κ2) is 2.66. The lowest BCUT2D eigenvalue weighted by molar-refractivity contribution is -0.138. The predicted octanol–water partition coefficient (Wildman–Crippen LogP) is -1.72. The van der Waals surface area contributed by atoms with E-state index in [0.29, 0.717) is 0 Å². The first-order valence-electron chi connectivity index (χ1n) is 2.74. The maximum absolute atomic E-state index is 10.5. The van der Waals surface area contributed by atoms with Gasteiger partial charge in [-0.05, 0) is 13.8 Å². The number of hydrogen-bond acceptors (Lipinski definition) is 3. The Hall–Kier alpha value is -1.10. The monoisotopic (exact) mass is 145 g/mol. The number of rotatable bonds is 1. The van der Waals surface area contributed by atoms with Crippen LogP contribution in [0, 0.1) is 0 Å². The molecule has 0 fully saturated rings. The highest BCUT2D eigenvalue weighted by atomic mass is 16.2. The first kappa shape index (κ1) is 8.90. The van der Waals surface area contributed by atoms with Gasteiger partial charge in [-0.1, -0.05) is 0 Å². The summed E-state index contributed by atoms with van der Waals surface area (Å²) in [5, 5.41) is 2.18. The summed E-state index contributed by atoms with van der Waals surface area (Å²) in [7, 11) is 0. The Morgan fingerprint density at radius 2 is 1.80 bits per heavy atom. The molecule has 0 aromatic rings. The van der Waals surface area contributed by atoms with Gasteiger partial charge in [0.2, 0.25) is 0 Å². The standard InChI is InChI=1S/C5H11N3O2/c1-5(2,7)8-4(10)3(6)9/h7H2,1-2H3,(H2,6,9)(H,8,10). The van der Waals surface area contributed by atoms with E-state index in [1.54, 1.807) is 13.8 Å². The number of hydrogen-bond donors (Lipinski definition) is 3. The maximum atomic E-state index is 10.5. The molecule has 0 aliphatic heterocycles. The second-order valence-electron chi connectivity index (χ2n) is 2.54. The molecule has 0 rings (SSSR count). The Bertz CT molecular complexity index is 159. The van der Waals surface area contributed by atoms with Crippen LogP contribution in [-0.4, -0.2) is 17.5 Å². The average molecular weight is 145 g/mol. The van der Waals surface area contributed by atoms with Crippen molar-refractivity contribution in [2.75, 3.05) is 0 Å². The van der Waals surface area contributed by atoms with Crippen molar-refractivity contribution in [3.63, 3.8) is 0 Å². The molecule has 58 valence electrons. The smallest absolute Gasteiger partial charge is 0.310 e. The maximum Gasteiger partial charge on any atom is 0.310 e. The van der Waals surface area contributed by atoms with Gasteiger partial charge in [-0.25, -0.2) is 0 Å². The summed E-state index contributed by atoms with van der Waals surface area (Å²) in [5.74, 6) is -1.90. The molecule has 0 saturated heterocycles. The van der Waals surface area contributed by atoms with Crippen LogP contribution >= 0.6 is 0 Å². The van der Waals surface area contributed by atoms with Gasteiger partial charge >= 0.3 is 11.8 Å². The van der Waals surface area contributed by atoms with Gasteiger partial charge in [-0.3, -0.25) is 9.59 Å². The fourth-order valence-corrected chi connectivity index (χ4v) is 0.354. The van der Waals surface area contributed by atoms with Crippen molar-refractivity contribution in [2.45, 2.75) is 19.5 Å². The minimum Gasteiger partial charge on any atom is -0.361 e. The summed E-state index contributed by atoms with van der Waals surface area (Å²) in [5.41, 5.74) is 9.07. The summed E-state index contributed by atoms with van der Waals surface area (Å²) in [6, 6.07) is 0. The van der Waals surface area contributed by atoms with Gasteiger partial charge in [0.05, 0.1) is 5.66 Å². The lowest BCUT2D eigenvalue weighted by atomic mass is 10.2. The fourth-order valence-electron chi connectivity index (χ4n) is 0.354. The Labute approximate surface area is 58.8 Å². The van der Waals surface area contributed by atoms with Crippen LogP contribution in [0.2, 0.25) is 0 Å². The summed E-state index contributed by atoms with van der Waals surface area (Å²) >= 11 is 0. The van der Waals surface area contributed by atoms with Crippen molar-refractivity contribution >= 4 is 11.8 Å². The molecule has 2 amide bonds. The molecule has 0 spiro atoms. The summed E-state index contributed by atoms with van der Waals surface area (Å²) in [6.45, 7) is 3.10. The van der Waals surface area contributed by atoms with Crippen LogP contribution in [0.25, 0.3) is 0 Å². The zero-order chi connectivity index (χ0) is 8.36. The molecule has 0 atom stereocenters. The van der Waals surface area contributed by atoms with Crippen LogP contribution in [0.5, 0.6) is 0 Å². The van der Waals surface area contributed by atoms with Crippen molar-refractivity contribution in [3.05, 3.63) is 0 Å². The molecule has 5 N–H and O–H groups in total. The third-order valence-corrected chi connectivity index (χ3v) is 0.659. The molecule has 0 aromatic heterocycles. The second-order valence-corrected chi connectivity index (χ2v) is 2.54. The van der Waals surface area contributed by atoms with Crippen molar-refractivity contribution in [2.24, 2.45) is 11.5 Å². The number of amides is 2. The molecule has 10 heavy (non-hydrogen) atoms.